The Bertz CT molecular complexity index is 835. The minimum absolute atomic E-state index is 0.0516. The molecule has 0 aliphatic heterocycles. The summed E-state index contributed by atoms with van der Waals surface area (Å²) in [6, 6.07) is 0. The second kappa shape index (κ2) is 34.4. The van der Waals surface area contributed by atoms with Crippen LogP contribution in [0, 0.1) is 0 Å². The van der Waals surface area contributed by atoms with E-state index in [4.69, 9.17) is 24.3 Å². The van der Waals surface area contributed by atoms with Crippen LogP contribution in [0.1, 0.15) is 168 Å². The van der Waals surface area contributed by atoms with Crippen molar-refractivity contribution in [2.24, 2.45) is 5.73 Å². The molecule has 1 unspecified atom stereocenters. The van der Waals surface area contributed by atoms with Crippen LogP contribution in [0.5, 0.6) is 0 Å². The van der Waals surface area contributed by atoms with Gasteiger partial charge in [-0.1, -0.05) is 115 Å². The SMILES string of the molecule is CCCCC/C=C/CCCCCCCC(=O)O[C@H](COC(=O)CCCCCCC/C=C/CCCCCCC)COP(=O)(O)OCCN. The molecule has 3 N–H and O–H groups in total. The van der Waals surface area contributed by atoms with Crippen molar-refractivity contribution in [2.75, 3.05) is 26.4 Å². The lowest BCUT2D eigenvalue weighted by atomic mass is 10.1. The van der Waals surface area contributed by atoms with Crippen molar-refractivity contribution in [2.45, 2.75) is 174 Å². The van der Waals surface area contributed by atoms with Gasteiger partial charge in [-0.05, 0) is 64.2 Å². The number of hydrogen-bond donors (Lipinski definition) is 2. The Balaban J connectivity index is 4.25. The second-order valence-corrected chi connectivity index (χ2v) is 13.9. The largest absolute Gasteiger partial charge is 0.472 e. The van der Waals surface area contributed by atoms with E-state index in [-0.39, 0.29) is 32.6 Å². The van der Waals surface area contributed by atoms with Crippen molar-refractivity contribution in [3.05, 3.63) is 24.3 Å². The fraction of sp³-hybridized carbons (Fsp3) is 0.838. The average molecular weight is 688 g/mol. The Morgan fingerprint density at radius 2 is 1.04 bits per heavy atom. The molecule has 0 saturated heterocycles. The fourth-order valence-electron chi connectivity index (χ4n) is 4.97. The van der Waals surface area contributed by atoms with E-state index in [1.165, 1.54) is 57.8 Å². The Kier molecular flexibility index (Phi) is 33.3. The first-order chi connectivity index (χ1) is 22.8. The Morgan fingerprint density at radius 3 is 1.55 bits per heavy atom. The van der Waals surface area contributed by atoms with Crippen LogP contribution in [0.25, 0.3) is 0 Å². The van der Waals surface area contributed by atoms with Crippen LogP contribution in [-0.2, 0) is 32.7 Å². The van der Waals surface area contributed by atoms with E-state index in [0.29, 0.717) is 6.42 Å². The molecule has 0 rings (SSSR count). The molecule has 0 aliphatic rings. The number of carbonyl (C=O) groups excluding carboxylic acids is 2. The summed E-state index contributed by atoms with van der Waals surface area (Å²) in [4.78, 5) is 34.6. The molecule has 0 spiro atoms. The normalized spacial score (nSPS) is 13.7. The maximum atomic E-state index is 12.5. The van der Waals surface area contributed by atoms with Crippen molar-refractivity contribution in [3.8, 4) is 0 Å². The molecule has 0 fully saturated rings. The van der Waals surface area contributed by atoms with Gasteiger partial charge in [-0.2, -0.15) is 0 Å². The van der Waals surface area contributed by atoms with Gasteiger partial charge in [0.2, 0.25) is 0 Å². The highest BCUT2D eigenvalue weighted by Crippen LogP contribution is 2.43. The van der Waals surface area contributed by atoms with Gasteiger partial charge in [-0.15, -0.1) is 0 Å². The van der Waals surface area contributed by atoms with E-state index in [2.05, 4.69) is 38.2 Å². The van der Waals surface area contributed by atoms with Gasteiger partial charge in [0, 0.05) is 19.4 Å². The third kappa shape index (κ3) is 34.2. The van der Waals surface area contributed by atoms with Crippen LogP contribution in [0.2, 0.25) is 0 Å². The molecule has 2 atom stereocenters. The average Bonchev–Trinajstić information content (AvgIpc) is 3.05. The van der Waals surface area contributed by atoms with Gasteiger partial charge in [-0.3, -0.25) is 18.6 Å². The van der Waals surface area contributed by atoms with E-state index in [1.807, 2.05) is 0 Å². The molecule has 10 heteroatoms. The number of hydrogen-bond acceptors (Lipinski definition) is 8. The summed E-state index contributed by atoms with van der Waals surface area (Å²) in [6.07, 6.45) is 33.5. The van der Waals surface area contributed by atoms with Crippen molar-refractivity contribution < 1.29 is 37.6 Å². The molecule has 0 aromatic carbocycles. The minimum atomic E-state index is -4.37. The molecule has 0 amide bonds. The number of unbranched alkanes of at least 4 members (excludes halogenated alkanes) is 18. The van der Waals surface area contributed by atoms with E-state index in [9.17, 15) is 19.0 Å². The Morgan fingerprint density at radius 1 is 0.617 bits per heavy atom. The zero-order chi connectivity index (χ0) is 34.7. The number of carbonyl (C=O) groups is 2. The molecular formula is C37H70NO8P. The van der Waals surface area contributed by atoms with Crippen LogP contribution in [0.15, 0.2) is 24.3 Å². The zero-order valence-electron chi connectivity index (χ0n) is 30.0. The number of phosphoric ester groups is 1. The minimum Gasteiger partial charge on any atom is -0.462 e. The first-order valence-electron chi connectivity index (χ1n) is 18.8. The van der Waals surface area contributed by atoms with Gasteiger partial charge in [0.1, 0.15) is 6.61 Å². The van der Waals surface area contributed by atoms with Gasteiger partial charge in [0.05, 0.1) is 13.2 Å². The van der Waals surface area contributed by atoms with Crippen LogP contribution in [0.4, 0.5) is 0 Å². The maximum absolute atomic E-state index is 12.5. The number of rotatable bonds is 35. The zero-order valence-corrected chi connectivity index (χ0v) is 30.9. The molecule has 0 radical (unpaired) electrons. The molecule has 47 heavy (non-hydrogen) atoms. The quantitative estimate of drug-likeness (QED) is 0.0289. The standard InChI is InChI=1S/C37H70NO8P/c1-3-5-7-9-11-13-15-17-18-20-21-23-25-27-29-36(39)43-33-35(34-45-47(41,42)44-32-31-38)46-37(40)30-28-26-24-22-19-16-14-12-10-8-6-4-2/h12,14-15,17,35H,3-11,13,16,18-34,38H2,1-2H3,(H,41,42)/b14-12+,17-15+/t35-/m1/s1. The lowest BCUT2D eigenvalue weighted by Crippen LogP contribution is -2.29. The third-order valence-electron chi connectivity index (χ3n) is 7.81. The van der Waals surface area contributed by atoms with Crippen molar-refractivity contribution >= 4 is 19.8 Å². The van der Waals surface area contributed by atoms with Crippen LogP contribution < -0.4 is 5.73 Å². The van der Waals surface area contributed by atoms with Gasteiger partial charge in [0.25, 0.3) is 0 Å². The maximum Gasteiger partial charge on any atom is 0.472 e. The van der Waals surface area contributed by atoms with E-state index >= 15 is 0 Å². The Hall–Kier alpha value is -1.51. The first-order valence-corrected chi connectivity index (χ1v) is 20.3. The molecule has 0 saturated carbocycles. The number of nitrogens with two attached hydrogens (primary N) is 1. The smallest absolute Gasteiger partial charge is 0.462 e. The number of ether oxygens (including phenoxy) is 2. The Labute approximate surface area is 287 Å². The topological polar surface area (TPSA) is 134 Å². The summed E-state index contributed by atoms with van der Waals surface area (Å²) in [5, 5.41) is 0. The molecule has 0 heterocycles. The third-order valence-corrected chi connectivity index (χ3v) is 8.79. The van der Waals surface area contributed by atoms with E-state index < -0.39 is 32.5 Å². The lowest BCUT2D eigenvalue weighted by Gasteiger charge is -2.19. The van der Waals surface area contributed by atoms with Crippen LogP contribution >= 0.6 is 7.82 Å². The number of allylic oxidation sites excluding steroid dienone is 4. The van der Waals surface area contributed by atoms with Gasteiger partial charge < -0.3 is 20.1 Å². The summed E-state index contributed by atoms with van der Waals surface area (Å²) < 4.78 is 32.6. The molecule has 0 bridgehead atoms. The second-order valence-electron chi connectivity index (χ2n) is 12.4. The molecular weight excluding hydrogens is 617 g/mol. The lowest BCUT2D eigenvalue weighted by molar-refractivity contribution is -0.161. The summed E-state index contributed by atoms with van der Waals surface area (Å²) in [5.41, 5.74) is 5.32. The molecule has 0 aliphatic carbocycles. The summed E-state index contributed by atoms with van der Waals surface area (Å²) >= 11 is 0. The first kappa shape index (κ1) is 45.5. The molecule has 9 nitrogen and oxygen atoms in total. The highest BCUT2D eigenvalue weighted by Gasteiger charge is 2.25. The predicted molar refractivity (Wildman–Crippen MR) is 192 cm³/mol. The molecule has 0 aromatic rings. The summed E-state index contributed by atoms with van der Waals surface area (Å²) in [7, 11) is -4.37. The number of phosphoric acid groups is 1. The van der Waals surface area contributed by atoms with Gasteiger partial charge in [0.15, 0.2) is 6.10 Å². The summed E-state index contributed by atoms with van der Waals surface area (Å²) in [6.45, 7) is 3.66. The van der Waals surface area contributed by atoms with Crippen LogP contribution in [0.3, 0.4) is 0 Å². The fourth-order valence-corrected chi connectivity index (χ4v) is 5.74. The highest BCUT2D eigenvalue weighted by atomic mass is 31.2. The van der Waals surface area contributed by atoms with Gasteiger partial charge in [-0.25, -0.2) is 4.57 Å². The van der Waals surface area contributed by atoms with E-state index in [1.54, 1.807) is 0 Å². The van der Waals surface area contributed by atoms with Crippen molar-refractivity contribution in [1.29, 1.82) is 0 Å². The van der Waals surface area contributed by atoms with E-state index in [0.717, 1.165) is 77.0 Å². The molecule has 0 aromatic heterocycles. The predicted octanol–water partition coefficient (Wildman–Crippen LogP) is 10.0. The number of esters is 2. The summed E-state index contributed by atoms with van der Waals surface area (Å²) in [5.74, 6) is -0.850. The monoisotopic (exact) mass is 687 g/mol. The van der Waals surface area contributed by atoms with Crippen molar-refractivity contribution in [3.63, 3.8) is 0 Å². The molecule has 276 valence electrons. The highest BCUT2D eigenvalue weighted by molar-refractivity contribution is 7.47. The van der Waals surface area contributed by atoms with Crippen molar-refractivity contribution in [1.82, 2.24) is 0 Å². The van der Waals surface area contributed by atoms with Gasteiger partial charge >= 0.3 is 19.8 Å². The van der Waals surface area contributed by atoms with Crippen LogP contribution in [-0.4, -0.2) is 49.3 Å².